The number of nitrogens with one attached hydrogen (secondary N) is 2. The summed E-state index contributed by atoms with van der Waals surface area (Å²) in [6.45, 7) is 0. The smallest absolute Gasteiger partial charge is 0.271 e. The number of nitrogens with zero attached hydrogens (tertiary/aromatic N) is 2. The largest absolute Gasteiger partial charge is 0.328 e. The van der Waals surface area contributed by atoms with Crippen LogP contribution in [0.25, 0.3) is 0 Å². The van der Waals surface area contributed by atoms with Crippen molar-refractivity contribution < 1.29 is 9.59 Å². The van der Waals surface area contributed by atoms with Crippen LogP contribution >= 0.6 is 0 Å². The van der Waals surface area contributed by atoms with Gasteiger partial charge in [-0.05, 0) is 49.9 Å². The van der Waals surface area contributed by atoms with Crippen LogP contribution in [-0.2, 0) is 0 Å². The molecule has 1 aliphatic carbocycles. The van der Waals surface area contributed by atoms with Crippen LogP contribution in [0, 0.1) is 0 Å². The summed E-state index contributed by atoms with van der Waals surface area (Å²) in [6, 6.07) is 10.4. The van der Waals surface area contributed by atoms with Crippen LogP contribution < -0.4 is 10.6 Å². The van der Waals surface area contributed by atoms with E-state index in [-0.39, 0.29) is 11.8 Å². The summed E-state index contributed by atoms with van der Waals surface area (Å²) < 4.78 is 0. The molecule has 6 heteroatoms. The molecule has 0 saturated heterocycles. The van der Waals surface area contributed by atoms with Gasteiger partial charge in [0.1, 0.15) is 17.1 Å². The number of rotatable bonds is 4. The Morgan fingerprint density at radius 2 is 1.29 bits per heavy atom. The quantitative estimate of drug-likeness (QED) is 0.845. The van der Waals surface area contributed by atoms with Crippen LogP contribution in [0.2, 0.25) is 0 Å². The molecule has 2 aromatic heterocycles. The molecule has 2 aromatic rings. The molecule has 0 spiro atoms. The topological polar surface area (TPSA) is 84.0 Å². The Labute approximate surface area is 140 Å². The molecule has 0 unspecified atom stereocenters. The van der Waals surface area contributed by atoms with Crippen LogP contribution in [0.1, 0.15) is 53.1 Å². The first-order chi connectivity index (χ1) is 11.7. The molecule has 0 atom stereocenters. The summed E-state index contributed by atoms with van der Waals surface area (Å²) in [5.41, 5.74) is -0.0642. The molecule has 0 bridgehead atoms. The van der Waals surface area contributed by atoms with Gasteiger partial charge in [-0.1, -0.05) is 18.6 Å². The SMILES string of the molecule is O=C(NC1(NC(=O)c2ccccn2)CCCCC1)c1ccccn1. The van der Waals surface area contributed by atoms with E-state index in [4.69, 9.17) is 0 Å². The van der Waals surface area contributed by atoms with Gasteiger partial charge in [-0.3, -0.25) is 19.6 Å². The summed E-state index contributed by atoms with van der Waals surface area (Å²) in [5.74, 6) is -0.558. The number of aromatic nitrogens is 2. The molecule has 3 rings (SSSR count). The average molecular weight is 324 g/mol. The highest BCUT2D eigenvalue weighted by Gasteiger charge is 2.36. The fourth-order valence-electron chi connectivity index (χ4n) is 2.99. The van der Waals surface area contributed by atoms with Crippen molar-refractivity contribution in [1.29, 1.82) is 0 Å². The Balaban J connectivity index is 1.77. The summed E-state index contributed by atoms with van der Waals surface area (Å²) in [7, 11) is 0. The zero-order valence-corrected chi connectivity index (χ0v) is 13.4. The molecule has 0 aliphatic heterocycles. The van der Waals surface area contributed by atoms with Gasteiger partial charge in [0, 0.05) is 12.4 Å². The Kier molecular flexibility index (Phi) is 4.84. The highest BCUT2D eigenvalue weighted by molar-refractivity contribution is 5.95. The van der Waals surface area contributed by atoms with Crippen LogP contribution in [0.3, 0.4) is 0 Å². The van der Waals surface area contributed by atoms with Crippen molar-refractivity contribution in [3.05, 3.63) is 60.2 Å². The Bertz CT molecular complexity index is 642. The van der Waals surface area contributed by atoms with Gasteiger partial charge in [0.15, 0.2) is 0 Å². The van der Waals surface area contributed by atoms with Gasteiger partial charge in [-0.15, -0.1) is 0 Å². The standard InChI is InChI=1S/C18H20N4O2/c23-16(14-8-2-6-12-19-14)21-18(10-4-1-5-11-18)22-17(24)15-9-3-7-13-20-15/h2-3,6-9,12-13H,1,4-5,10-11H2,(H,21,23)(H,22,24). The number of hydrogen-bond acceptors (Lipinski definition) is 4. The van der Waals surface area contributed by atoms with Gasteiger partial charge >= 0.3 is 0 Å². The van der Waals surface area contributed by atoms with E-state index < -0.39 is 5.66 Å². The fraction of sp³-hybridized carbons (Fsp3) is 0.333. The molecule has 124 valence electrons. The Hall–Kier alpha value is -2.76. The monoisotopic (exact) mass is 324 g/mol. The molecule has 0 aromatic carbocycles. The maximum Gasteiger partial charge on any atom is 0.271 e. The summed E-state index contributed by atoms with van der Waals surface area (Å²) in [5, 5.41) is 5.98. The minimum absolute atomic E-state index is 0.279. The lowest BCUT2D eigenvalue weighted by Gasteiger charge is -2.38. The number of amides is 2. The summed E-state index contributed by atoms with van der Waals surface area (Å²) in [4.78, 5) is 33.1. The molecule has 1 fully saturated rings. The van der Waals surface area contributed by atoms with Crippen molar-refractivity contribution in [2.24, 2.45) is 0 Å². The maximum atomic E-state index is 12.5. The van der Waals surface area contributed by atoms with E-state index in [1.807, 2.05) is 0 Å². The van der Waals surface area contributed by atoms with Crippen LogP contribution in [0.5, 0.6) is 0 Å². The minimum atomic E-state index is -0.749. The van der Waals surface area contributed by atoms with Crippen LogP contribution in [-0.4, -0.2) is 27.4 Å². The van der Waals surface area contributed by atoms with Crippen molar-refractivity contribution in [3.8, 4) is 0 Å². The molecule has 6 nitrogen and oxygen atoms in total. The van der Waals surface area contributed by atoms with E-state index in [1.54, 1.807) is 48.8 Å². The molecular formula is C18H20N4O2. The predicted molar refractivity (Wildman–Crippen MR) is 89.2 cm³/mol. The van der Waals surface area contributed by atoms with Crippen LogP contribution in [0.15, 0.2) is 48.8 Å². The summed E-state index contributed by atoms with van der Waals surface area (Å²) in [6.07, 6.45) is 7.55. The van der Waals surface area contributed by atoms with Crippen LogP contribution in [0.4, 0.5) is 0 Å². The van der Waals surface area contributed by atoms with Gasteiger partial charge in [-0.25, -0.2) is 0 Å². The van der Waals surface area contributed by atoms with Crippen molar-refractivity contribution in [2.75, 3.05) is 0 Å². The van der Waals surface area contributed by atoms with E-state index in [9.17, 15) is 9.59 Å². The first kappa shape index (κ1) is 16.1. The zero-order chi connectivity index (χ0) is 16.8. The van der Waals surface area contributed by atoms with Crippen molar-refractivity contribution in [2.45, 2.75) is 37.8 Å². The molecule has 2 amide bonds. The van der Waals surface area contributed by atoms with Gasteiger partial charge in [0.2, 0.25) is 0 Å². The van der Waals surface area contributed by atoms with E-state index in [0.29, 0.717) is 24.2 Å². The van der Waals surface area contributed by atoms with Gasteiger partial charge in [-0.2, -0.15) is 0 Å². The molecule has 2 heterocycles. The van der Waals surface area contributed by atoms with Gasteiger partial charge < -0.3 is 10.6 Å². The normalized spacial score (nSPS) is 16.2. The van der Waals surface area contributed by atoms with Crippen molar-refractivity contribution in [3.63, 3.8) is 0 Å². The zero-order valence-electron chi connectivity index (χ0n) is 13.4. The number of hydrogen-bond donors (Lipinski definition) is 2. The lowest BCUT2D eigenvalue weighted by Crippen LogP contribution is -2.61. The lowest BCUT2D eigenvalue weighted by atomic mass is 9.88. The van der Waals surface area contributed by atoms with Gasteiger partial charge in [0.25, 0.3) is 11.8 Å². The minimum Gasteiger partial charge on any atom is -0.328 e. The molecular weight excluding hydrogens is 304 g/mol. The first-order valence-electron chi connectivity index (χ1n) is 8.16. The molecule has 1 aliphatic rings. The lowest BCUT2D eigenvalue weighted by molar-refractivity contribution is 0.0739. The molecule has 0 radical (unpaired) electrons. The average Bonchev–Trinajstić information content (AvgIpc) is 2.64. The maximum absolute atomic E-state index is 12.5. The fourth-order valence-corrected chi connectivity index (χ4v) is 2.99. The van der Waals surface area contributed by atoms with E-state index in [0.717, 1.165) is 19.3 Å². The van der Waals surface area contributed by atoms with Crippen molar-refractivity contribution >= 4 is 11.8 Å². The highest BCUT2D eigenvalue weighted by atomic mass is 16.2. The molecule has 1 saturated carbocycles. The molecule has 24 heavy (non-hydrogen) atoms. The summed E-state index contributed by atoms with van der Waals surface area (Å²) >= 11 is 0. The third-order valence-corrected chi connectivity index (χ3v) is 4.21. The predicted octanol–water partition coefficient (Wildman–Crippen LogP) is 2.30. The number of carbonyl (C=O) groups excluding carboxylic acids is 2. The van der Waals surface area contributed by atoms with E-state index in [1.165, 1.54) is 0 Å². The number of pyridine rings is 2. The Morgan fingerprint density at radius 1 is 0.792 bits per heavy atom. The second kappa shape index (κ2) is 7.21. The van der Waals surface area contributed by atoms with Gasteiger partial charge in [0.05, 0.1) is 0 Å². The molecule has 2 N–H and O–H groups in total. The third-order valence-electron chi connectivity index (χ3n) is 4.21. The number of carbonyl (C=O) groups is 2. The second-order valence-corrected chi connectivity index (χ2v) is 5.98. The van der Waals surface area contributed by atoms with Crippen molar-refractivity contribution in [1.82, 2.24) is 20.6 Å². The third kappa shape index (κ3) is 3.76. The van der Waals surface area contributed by atoms with E-state index >= 15 is 0 Å². The second-order valence-electron chi connectivity index (χ2n) is 5.98. The highest BCUT2D eigenvalue weighted by Crippen LogP contribution is 2.26. The Morgan fingerprint density at radius 3 is 1.71 bits per heavy atom. The van der Waals surface area contributed by atoms with E-state index in [2.05, 4.69) is 20.6 Å². The first-order valence-corrected chi connectivity index (χ1v) is 8.16.